The molecule has 2 N–H and O–H groups in total. The summed E-state index contributed by atoms with van der Waals surface area (Å²) in [5.41, 5.74) is 1.03. The number of hydrogen-bond acceptors (Lipinski definition) is 7. The van der Waals surface area contributed by atoms with E-state index in [9.17, 15) is 19.2 Å². The van der Waals surface area contributed by atoms with Gasteiger partial charge in [-0.05, 0) is 25.0 Å². The number of carbonyl (C=O) groups excluding carboxylic acids is 4. The maximum Gasteiger partial charge on any atom is 0.307 e. The van der Waals surface area contributed by atoms with Crippen molar-refractivity contribution < 1.29 is 33.4 Å². The molecule has 9 heteroatoms. The van der Waals surface area contributed by atoms with E-state index < -0.39 is 29.6 Å². The smallest absolute Gasteiger partial charge is 0.307 e. The minimum absolute atomic E-state index is 0.0338. The van der Waals surface area contributed by atoms with Gasteiger partial charge in [0.1, 0.15) is 6.04 Å². The Balaban J connectivity index is 2.09. The first-order valence-corrected chi connectivity index (χ1v) is 10.2. The van der Waals surface area contributed by atoms with Crippen LogP contribution in [0.15, 0.2) is 36.4 Å². The Hall–Kier alpha value is -3.04. The lowest BCUT2D eigenvalue weighted by atomic mass is 10.0. The van der Waals surface area contributed by atoms with Gasteiger partial charge in [0.05, 0.1) is 39.5 Å². The molecule has 168 valence electrons. The highest BCUT2D eigenvalue weighted by molar-refractivity contribution is 6.38. The molecule has 2 amide bonds. The lowest BCUT2D eigenvalue weighted by Crippen LogP contribution is -2.47. The van der Waals surface area contributed by atoms with Gasteiger partial charge >= 0.3 is 5.97 Å². The molecule has 0 aliphatic carbocycles. The van der Waals surface area contributed by atoms with Crippen LogP contribution in [0.2, 0.25) is 0 Å². The second-order valence-corrected chi connectivity index (χ2v) is 6.69. The van der Waals surface area contributed by atoms with Gasteiger partial charge in [0, 0.05) is 12.1 Å². The summed E-state index contributed by atoms with van der Waals surface area (Å²) in [7, 11) is 0. The van der Waals surface area contributed by atoms with Crippen LogP contribution in [-0.2, 0) is 35.2 Å². The predicted octanol–water partition coefficient (Wildman–Crippen LogP) is 0.917. The van der Waals surface area contributed by atoms with Gasteiger partial charge < -0.3 is 24.8 Å². The third-order valence-electron chi connectivity index (χ3n) is 4.41. The number of nitrogens with one attached hydrogen (secondary N) is 2. The fourth-order valence-electron chi connectivity index (χ4n) is 2.84. The Morgan fingerprint density at radius 2 is 1.94 bits per heavy atom. The molecule has 2 rings (SSSR count). The van der Waals surface area contributed by atoms with Crippen molar-refractivity contribution >= 4 is 23.6 Å². The number of ketones is 1. The van der Waals surface area contributed by atoms with Crippen molar-refractivity contribution in [2.75, 3.05) is 33.0 Å². The maximum absolute atomic E-state index is 12.8. The number of benzene rings is 1. The molecule has 1 atom stereocenters. The van der Waals surface area contributed by atoms with E-state index in [1.165, 1.54) is 0 Å². The van der Waals surface area contributed by atoms with Crippen LogP contribution < -0.4 is 10.6 Å². The molecule has 31 heavy (non-hydrogen) atoms. The second-order valence-electron chi connectivity index (χ2n) is 6.69. The van der Waals surface area contributed by atoms with Crippen LogP contribution in [0.1, 0.15) is 35.7 Å². The molecular weight excluding hydrogens is 404 g/mol. The average Bonchev–Trinajstić information content (AvgIpc) is 2.76. The normalized spacial score (nSPS) is 18.6. The minimum Gasteiger partial charge on any atom is -0.466 e. The summed E-state index contributed by atoms with van der Waals surface area (Å²) in [6.45, 7) is 3.20. The molecule has 0 aromatic heterocycles. The van der Waals surface area contributed by atoms with Crippen LogP contribution >= 0.6 is 0 Å². The largest absolute Gasteiger partial charge is 0.466 e. The maximum atomic E-state index is 12.8. The summed E-state index contributed by atoms with van der Waals surface area (Å²) in [6.07, 6.45) is 3.46. The number of Topliss-reactive ketones (excluding diaryl/α,β-unsaturated/α-hetero) is 1. The summed E-state index contributed by atoms with van der Waals surface area (Å²) >= 11 is 0. The lowest BCUT2D eigenvalue weighted by Gasteiger charge is -2.18. The molecule has 1 aliphatic heterocycles. The third kappa shape index (κ3) is 8.31. The number of hydrogen-bond donors (Lipinski definition) is 2. The molecule has 1 aromatic carbocycles. The SMILES string of the molecule is CCOC(=O)CCNC(=O)C(=O)[C@@H]1C/C=C/COCCOCc2ccccc2C(=O)N1. The van der Waals surface area contributed by atoms with E-state index >= 15 is 0 Å². The number of ether oxygens (including phenoxy) is 3. The van der Waals surface area contributed by atoms with Crippen molar-refractivity contribution in [3.63, 3.8) is 0 Å². The molecule has 0 bridgehead atoms. The molecular formula is C22H28N2O7. The van der Waals surface area contributed by atoms with E-state index in [0.29, 0.717) is 30.9 Å². The Labute approximate surface area is 181 Å². The molecule has 0 saturated carbocycles. The fourth-order valence-corrected chi connectivity index (χ4v) is 2.84. The average molecular weight is 432 g/mol. The molecule has 1 aliphatic rings. The van der Waals surface area contributed by atoms with Crippen molar-refractivity contribution in [2.45, 2.75) is 32.4 Å². The van der Waals surface area contributed by atoms with Crippen LogP contribution in [-0.4, -0.2) is 62.6 Å². The summed E-state index contributed by atoms with van der Waals surface area (Å²) in [5, 5.41) is 5.04. The number of amides is 2. The highest BCUT2D eigenvalue weighted by Crippen LogP contribution is 2.12. The first-order valence-electron chi connectivity index (χ1n) is 10.2. The van der Waals surface area contributed by atoms with Crippen molar-refractivity contribution in [3.05, 3.63) is 47.5 Å². The Morgan fingerprint density at radius 1 is 1.16 bits per heavy atom. The first kappa shape index (κ1) is 24.2. The van der Waals surface area contributed by atoms with E-state index in [1.807, 2.05) is 0 Å². The van der Waals surface area contributed by atoms with Crippen molar-refractivity contribution in [1.82, 2.24) is 10.6 Å². The van der Waals surface area contributed by atoms with E-state index in [0.717, 1.165) is 0 Å². The van der Waals surface area contributed by atoms with Crippen LogP contribution in [0.25, 0.3) is 0 Å². The third-order valence-corrected chi connectivity index (χ3v) is 4.41. The Kier molecular flexibility index (Phi) is 10.4. The highest BCUT2D eigenvalue weighted by atomic mass is 16.5. The number of esters is 1. The quantitative estimate of drug-likeness (QED) is 0.390. The zero-order chi connectivity index (χ0) is 22.5. The molecule has 9 nitrogen and oxygen atoms in total. The molecule has 0 unspecified atom stereocenters. The van der Waals surface area contributed by atoms with Gasteiger partial charge in [-0.2, -0.15) is 0 Å². The van der Waals surface area contributed by atoms with E-state index in [4.69, 9.17) is 14.2 Å². The van der Waals surface area contributed by atoms with Crippen molar-refractivity contribution in [3.8, 4) is 0 Å². The highest BCUT2D eigenvalue weighted by Gasteiger charge is 2.27. The molecule has 0 spiro atoms. The van der Waals surface area contributed by atoms with Gasteiger partial charge in [0.2, 0.25) is 5.78 Å². The topological polar surface area (TPSA) is 120 Å². The fraction of sp³-hybridized carbons (Fsp3) is 0.455. The number of carbonyl (C=O) groups is 4. The summed E-state index contributed by atoms with van der Waals surface area (Å²) in [6, 6.07) is 5.83. The minimum atomic E-state index is -1.07. The van der Waals surface area contributed by atoms with Gasteiger partial charge in [-0.15, -0.1) is 0 Å². The van der Waals surface area contributed by atoms with Crippen LogP contribution in [0.4, 0.5) is 0 Å². The van der Waals surface area contributed by atoms with Gasteiger partial charge in [0.15, 0.2) is 0 Å². The number of rotatable bonds is 6. The lowest BCUT2D eigenvalue weighted by molar-refractivity contribution is -0.143. The van der Waals surface area contributed by atoms with E-state index in [2.05, 4.69) is 10.6 Å². The van der Waals surface area contributed by atoms with Crippen LogP contribution in [0.3, 0.4) is 0 Å². The zero-order valence-corrected chi connectivity index (χ0v) is 17.6. The van der Waals surface area contributed by atoms with Gasteiger partial charge in [-0.1, -0.05) is 30.4 Å². The van der Waals surface area contributed by atoms with Crippen LogP contribution in [0, 0.1) is 0 Å². The number of fused-ring (bicyclic) bond motifs is 1. The monoisotopic (exact) mass is 432 g/mol. The van der Waals surface area contributed by atoms with E-state index in [-0.39, 0.29) is 32.6 Å². The molecule has 0 fully saturated rings. The second kappa shape index (κ2) is 13.3. The van der Waals surface area contributed by atoms with Gasteiger partial charge in [0.25, 0.3) is 11.8 Å². The summed E-state index contributed by atoms with van der Waals surface area (Å²) in [4.78, 5) is 49.1. The standard InChI is InChI=1S/C22H28N2O7/c1-2-31-19(25)10-11-23-22(28)20(26)18-9-5-6-12-29-13-14-30-15-16-7-3-4-8-17(16)21(27)24-18/h3-8,18H,2,9-15H2,1H3,(H,23,28)(H,24,27)/b6-5+/t18-/m0/s1. The van der Waals surface area contributed by atoms with Crippen LogP contribution in [0.5, 0.6) is 0 Å². The molecule has 0 saturated heterocycles. The molecule has 1 aromatic rings. The van der Waals surface area contributed by atoms with Gasteiger partial charge in [-0.25, -0.2) is 0 Å². The molecule has 1 heterocycles. The summed E-state index contributed by atoms with van der Waals surface area (Å²) < 4.78 is 15.7. The predicted molar refractivity (Wildman–Crippen MR) is 111 cm³/mol. The van der Waals surface area contributed by atoms with Gasteiger partial charge in [-0.3, -0.25) is 19.2 Å². The summed E-state index contributed by atoms with van der Waals surface area (Å²) in [5.74, 6) is -2.62. The zero-order valence-electron chi connectivity index (χ0n) is 17.6. The van der Waals surface area contributed by atoms with E-state index in [1.54, 1.807) is 43.3 Å². The first-order chi connectivity index (χ1) is 15.0. The Bertz CT molecular complexity index is 807. The Morgan fingerprint density at radius 3 is 2.74 bits per heavy atom. The van der Waals surface area contributed by atoms with Crippen molar-refractivity contribution in [2.24, 2.45) is 0 Å². The molecule has 0 radical (unpaired) electrons. The van der Waals surface area contributed by atoms with Crippen molar-refractivity contribution in [1.29, 1.82) is 0 Å².